The minimum absolute atomic E-state index is 0.0600. The number of amides is 1. The van der Waals surface area contributed by atoms with E-state index in [4.69, 9.17) is 4.74 Å². The summed E-state index contributed by atoms with van der Waals surface area (Å²) in [6.45, 7) is 2.70. The minimum atomic E-state index is -0.290. The molecule has 0 aliphatic carbocycles. The molecule has 0 spiro atoms. The standard InChI is InChI=1S/C13H19FN2O2/c1-18-9-8-15-6-7-16-13(17)10-11-2-4-12(14)5-3-11/h2-5,15H,6-10H2,1H3,(H,16,17). The molecule has 0 unspecified atom stereocenters. The molecule has 4 nitrogen and oxygen atoms in total. The van der Waals surface area contributed by atoms with E-state index >= 15 is 0 Å². The fourth-order valence-electron chi connectivity index (χ4n) is 1.44. The highest BCUT2D eigenvalue weighted by atomic mass is 19.1. The molecule has 100 valence electrons. The van der Waals surface area contributed by atoms with E-state index in [0.29, 0.717) is 19.7 Å². The van der Waals surface area contributed by atoms with Gasteiger partial charge in [0.15, 0.2) is 0 Å². The van der Waals surface area contributed by atoms with Gasteiger partial charge in [0.25, 0.3) is 0 Å². The van der Waals surface area contributed by atoms with Crippen LogP contribution in [-0.2, 0) is 16.0 Å². The van der Waals surface area contributed by atoms with Crippen LogP contribution in [0.4, 0.5) is 4.39 Å². The number of nitrogens with one attached hydrogen (secondary N) is 2. The summed E-state index contributed by atoms with van der Waals surface area (Å²) >= 11 is 0. The van der Waals surface area contributed by atoms with Crippen molar-refractivity contribution in [2.45, 2.75) is 6.42 Å². The van der Waals surface area contributed by atoms with Crippen LogP contribution < -0.4 is 10.6 Å². The Balaban J connectivity index is 2.12. The molecule has 1 aromatic carbocycles. The third kappa shape index (κ3) is 6.32. The smallest absolute Gasteiger partial charge is 0.224 e. The first-order valence-electron chi connectivity index (χ1n) is 5.93. The van der Waals surface area contributed by atoms with Crippen molar-refractivity contribution in [3.63, 3.8) is 0 Å². The lowest BCUT2D eigenvalue weighted by molar-refractivity contribution is -0.120. The van der Waals surface area contributed by atoms with Gasteiger partial charge in [0, 0.05) is 26.7 Å². The summed E-state index contributed by atoms with van der Waals surface area (Å²) < 4.78 is 17.5. The number of methoxy groups -OCH3 is 1. The van der Waals surface area contributed by atoms with Crippen LogP contribution >= 0.6 is 0 Å². The summed E-state index contributed by atoms with van der Waals surface area (Å²) in [4.78, 5) is 11.5. The summed E-state index contributed by atoms with van der Waals surface area (Å²) in [5.41, 5.74) is 0.807. The first kappa shape index (κ1) is 14.6. The largest absolute Gasteiger partial charge is 0.383 e. The van der Waals surface area contributed by atoms with Crippen molar-refractivity contribution in [2.75, 3.05) is 33.4 Å². The first-order valence-corrected chi connectivity index (χ1v) is 5.93. The van der Waals surface area contributed by atoms with Gasteiger partial charge in [0.05, 0.1) is 13.0 Å². The molecular formula is C13H19FN2O2. The van der Waals surface area contributed by atoms with Gasteiger partial charge in [-0.15, -0.1) is 0 Å². The molecule has 0 atom stereocenters. The molecule has 1 amide bonds. The van der Waals surface area contributed by atoms with Crippen molar-refractivity contribution >= 4 is 5.91 Å². The summed E-state index contributed by atoms with van der Waals surface area (Å²) in [7, 11) is 1.64. The van der Waals surface area contributed by atoms with E-state index in [1.807, 2.05) is 0 Å². The molecule has 0 heterocycles. The highest BCUT2D eigenvalue weighted by Gasteiger charge is 2.02. The first-order chi connectivity index (χ1) is 8.72. The van der Waals surface area contributed by atoms with Crippen LogP contribution in [-0.4, -0.2) is 39.3 Å². The molecule has 0 saturated heterocycles. The molecule has 0 radical (unpaired) electrons. The van der Waals surface area contributed by atoms with Crippen LogP contribution in [0.5, 0.6) is 0 Å². The van der Waals surface area contributed by atoms with E-state index in [-0.39, 0.29) is 18.1 Å². The number of rotatable bonds is 8. The zero-order valence-electron chi connectivity index (χ0n) is 10.5. The maximum atomic E-state index is 12.7. The third-order valence-electron chi connectivity index (χ3n) is 2.38. The van der Waals surface area contributed by atoms with Gasteiger partial charge in [-0.1, -0.05) is 12.1 Å². The number of halogens is 1. The second-order valence-corrected chi connectivity index (χ2v) is 3.90. The van der Waals surface area contributed by atoms with Crippen molar-refractivity contribution in [1.82, 2.24) is 10.6 Å². The lowest BCUT2D eigenvalue weighted by Gasteiger charge is -2.06. The highest BCUT2D eigenvalue weighted by molar-refractivity contribution is 5.78. The number of benzene rings is 1. The average Bonchev–Trinajstić information content (AvgIpc) is 2.36. The summed E-state index contributed by atoms with van der Waals surface area (Å²) in [5.74, 6) is -0.350. The Morgan fingerprint density at radius 3 is 2.61 bits per heavy atom. The second-order valence-electron chi connectivity index (χ2n) is 3.90. The van der Waals surface area contributed by atoms with E-state index in [0.717, 1.165) is 12.1 Å². The number of hydrogen-bond donors (Lipinski definition) is 2. The van der Waals surface area contributed by atoms with E-state index in [2.05, 4.69) is 10.6 Å². The Morgan fingerprint density at radius 2 is 1.94 bits per heavy atom. The molecule has 1 aromatic rings. The van der Waals surface area contributed by atoms with Gasteiger partial charge in [-0.2, -0.15) is 0 Å². The van der Waals surface area contributed by atoms with Gasteiger partial charge in [0.1, 0.15) is 5.82 Å². The average molecular weight is 254 g/mol. The molecule has 5 heteroatoms. The molecule has 2 N–H and O–H groups in total. The zero-order valence-corrected chi connectivity index (χ0v) is 10.5. The van der Waals surface area contributed by atoms with Gasteiger partial charge < -0.3 is 15.4 Å². The van der Waals surface area contributed by atoms with Crippen molar-refractivity contribution in [1.29, 1.82) is 0 Å². The van der Waals surface area contributed by atoms with Crippen molar-refractivity contribution < 1.29 is 13.9 Å². The van der Waals surface area contributed by atoms with Crippen LogP contribution in [0.3, 0.4) is 0 Å². The highest BCUT2D eigenvalue weighted by Crippen LogP contribution is 2.03. The van der Waals surface area contributed by atoms with Gasteiger partial charge in [-0.25, -0.2) is 4.39 Å². The molecule has 0 aliphatic rings. The number of carbonyl (C=O) groups is 1. The van der Waals surface area contributed by atoms with Crippen LogP contribution in [0, 0.1) is 5.82 Å². The molecule has 0 bridgehead atoms. The molecule has 1 rings (SSSR count). The Bertz CT molecular complexity index is 355. The monoisotopic (exact) mass is 254 g/mol. The Hall–Kier alpha value is -1.46. The third-order valence-corrected chi connectivity index (χ3v) is 2.38. The quantitative estimate of drug-likeness (QED) is 0.672. The molecule has 18 heavy (non-hydrogen) atoms. The molecule has 0 aromatic heterocycles. The molecular weight excluding hydrogens is 235 g/mol. The predicted molar refractivity (Wildman–Crippen MR) is 67.9 cm³/mol. The van der Waals surface area contributed by atoms with Crippen LogP contribution in [0.15, 0.2) is 24.3 Å². The molecule has 0 saturated carbocycles. The van der Waals surface area contributed by atoms with Gasteiger partial charge >= 0.3 is 0 Å². The summed E-state index contributed by atoms with van der Waals surface area (Å²) in [5, 5.41) is 5.91. The number of ether oxygens (including phenoxy) is 1. The number of carbonyl (C=O) groups excluding carboxylic acids is 1. The minimum Gasteiger partial charge on any atom is -0.383 e. The van der Waals surface area contributed by atoms with Crippen molar-refractivity contribution in [2.24, 2.45) is 0 Å². The van der Waals surface area contributed by atoms with Crippen LogP contribution in [0.1, 0.15) is 5.56 Å². The lowest BCUT2D eigenvalue weighted by Crippen LogP contribution is -2.33. The number of hydrogen-bond acceptors (Lipinski definition) is 3. The normalized spacial score (nSPS) is 10.3. The van der Waals surface area contributed by atoms with Gasteiger partial charge in [0.2, 0.25) is 5.91 Å². The van der Waals surface area contributed by atoms with E-state index in [1.165, 1.54) is 12.1 Å². The van der Waals surface area contributed by atoms with Crippen molar-refractivity contribution in [3.05, 3.63) is 35.6 Å². The van der Waals surface area contributed by atoms with E-state index < -0.39 is 0 Å². The van der Waals surface area contributed by atoms with Crippen LogP contribution in [0.25, 0.3) is 0 Å². The fraction of sp³-hybridized carbons (Fsp3) is 0.462. The summed E-state index contributed by atoms with van der Waals surface area (Å²) in [6, 6.07) is 5.95. The van der Waals surface area contributed by atoms with Crippen molar-refractivity contribution in [3.8, 4) is 0 Å². The van der Waals surface area contributed by atoms with Gasteiger partial charge in [-0.05, 0) is 17.7 Å². The lowest BCUT2D eigenvalue weighted by atomic mass is 10.1. The second kappa shape index (κ2) is 8.60. The Labute approximate surface area is 107 Å². The van der Waals surface area contributed by atoms with Gasteiger partial charge in [-0.3, -0.25) is 4.79 Å². The topological polar surface area (TPSA) is 50.4 Å². The zero-order chi connectivity index (χ0) is 13.2. The van der Waals surface area contributed by atoms with Crippen LogP contribution in [0.2, 0.25) is 0 Å². The predicted octanol–water partition coefficient (Wildman–Crippen LogP) is 0.720. The summed E-state index contributed by atoms with van der Waals surface area (Å²) in [6.07, 6.45) is 0.276. The maximum Gasteiger partial charge on any atom is 0.224 e. The SMILES string of the molecule is COCCNCCNC(=O)Cc1ccc(F)cc1. The molecule has 0 fully saturated rings. The Kier molecular flexibility index (Phi) is 6.98. The molecule has 0 aliphatic heterocycles. The maximum absolute atomic E-state index is 12.7. The Morgan fingerprint density at radius 1 is 1.22 bits per heavy atom. The fourth-order valence-corrected chi connectivity index (χ4v) is 1.44. The van der Waals surface area contributed by atoms with E-state index in [9.17, 15) is 9.18 Å². The van der Waals surface area contributed by atoms with E-state index in [1.54, 1.807) is 19.2 Å².